The molecule has 0 radical (unpaired) electrons. The summed E-state index contributed by atoms with van der Waals surface area (Å²) >= 11 is 1.57. The van der Waals surface area contributed by atoms with Gasteiger partial charge in [0.1, 0.15) is 11.6 Å². The van der Waals surface area contributed by atoms with Gasteiger partial charge >= 0.3 is 0 Å². The first-order chi connectivity index (χ1) is 14.5. The molecular weight excluding hydrogens is 399 g/mol. The number of hydrogen-bond donors (Lipinski definition) is 3. The second kappa shape index (κ2) is 8.63. The van der Waals surface area contributed by atoms with Gasteiger partial charge in [-0.1, -0.05) is 12.1 Å². The lowest BCUT2D eigenvalue weighted by molar-refractivity contribution is 0.0954. The van der Waals surface area contributed by atoms with Gasteiger partial charge in [0.05, 0.1) is 0 Å². The van der Waals surface area contributed by atoms with Crippen molar-refractivity contribution in [2.75, 3.05) is 12.8 Å². The third-order valence-electron chi connectivity index (χ3n) is 5.04. The molecule has 4 nitrogen and oxygen atoms in total. The van der Waals surface area contributed by atoms with E-state index < -0.39 is 0 Å². The quantitative estimate of drug-likeness (QED) is 0.367. The predicted octanol–water partition coefficient (Wildman–Crippen LogP) is 5.37. The number of phenols is 1. The van der Waals surface area contributed by atoms with Crippen LogP contribution in [0.5, 0.6) is 5.75 Å². The number of H-pyrrole nitrogens is 1. The normalized spacial score (nSPS) is 11.0. The van der Waals surface area contributed by atoms with Crippen LogP contribution in [0.2, 0.25) is 0 Å². The zero-order valence-corrected chi connectivity index (χ0v) is 17.2. The number of benzene rings is 3. The number of aromatic hydroxyl groups is 1. The van der Waals surface area contributed by atoms with E-state index in [-0.39, 0.29) is 17.5 Å². The fourth-order valence-electron chi connectivity index (χ4n) is 3.52. The largest absolute Gasteiger partial charge is 0.508 e. The summed E-state index contributed by atoms with van der Waals surface area (Å²) < 4.78 is 13.8. The van der Waals surface area contributed by atoms with Gasteiger partial charge in [0, 0.05) is 34.1 Å². The molecule has 4 rings (SSSR count). The maximum Gasteiger partial charge on any atom is 0.251 e. The number of thioether (sulfide) groups is 1. The van der Waals surface area contributed by atoms with Gasteiger partial charge in [0.2, 0.25) is 0 Å². The van der Waals surface area contributed by atoms with E-state index >= 15 is 0 Å². The molecule has 30 heavy (non-hydrogen) atoms. The van der Waals surface area contributed by atoms with E-state index in [9.17, 15) is 14.3 Å². The van der Waals surface area contributed by atoms with Gasteiger partial charge in [-0.3, -0.25) is 4.79 Å². The summed E-state index contributed by atoms with van der Waals surface area (Å²) in [4.78, 5) is 17.1. The Bertz CT molecular complexity index is 1220. The second-order valence-electron chi connectivity index (χ2n) is 6.97. The third kappa shape index (κ3) is 4.19. The summed E-state index contributed by atoms with van der Waals surface area (Å²) in [5, 5.41) is 13.6. The summed E-state index contributed by atoms with van der Waals surface area (Å²) in [7, 11) is 0. The van der Waals surface area contributed by atoms with E-state index in [0.29, 0.717) is 29.7 Å². The van der Waals surface area contributed by atoms with Gasteiger partial charge in [-0.05, 0) is 77.9 Å². The maximum absolute atomic E-state index is 13.8. The summed E-state index contributed by atoms with van der Waals surface area (Å²) in [5.74, 6) is -0.332. The number of carbonyl (C=O) groups is 1. The minimum Gasteiger partial charge on any atom is -0.508 e. The van der Waals surface area contributed by atoms with Crippen molar-refractivity contribution in [3.05, 3.63) is 83.8 Å². The molecule has 3 N–H and O–H groups in total. The number of aromatic nitrogens is 1. The first-order valence-electron chi connectivity index (χ1n) is 9.56. The number of carbonyl (C=O) groups excluding carboxylic acids is 1. The lowest BCUT2D eigenvalue weighted by Gasteiger charge is -2.12. The highest BCUT2D eigenvalue weighted by Gasteiger charge is 2.14. The summed E-state index contributed by atoms with van der Waals surface area (Å²) in [6, 6.07) is 17.0. The Kier molecular flexibility index (Phi) is 5.77. The lowest BCUT2D eigenvalue weighted by atomic mass is 9.99. The van der Waals surface area contributed by atoms with Crippen molar-refractivity contribution in [2.45, 2.75) is 11.3 Å². The highest BCUT2D eigenvalue weighted by molar-refractivity contribution is 7.98. The van der Waals surface area contributed by atoms with Crippen molar-refractivity contribution in [1.29, 1.82) is 0 Å². The fraction of sp³-hybridized carbons (Fsp3) is 0.125. The Balaban J connectivity index is 1.53. The van der Waals surface area contributed by atoms with Crippen LogP contribution in [0.3, 0.4) is 0 Å². The van der Waals surface area contributed by atoms with Crippen molar-refractivity contribution >= 4 is 28.6 Å². The van der Waals surface area contributed by atoms with Crippen molar-refractivity contribution < 1.29 is 14.3 Å². The predicted molar refractivity (Wildman–Crippen MR) is 120 cm³/mol. The van der Waals surface area contributed by atoms with Crippen molar-refractivity contribution in [1.82, 2.24) is 10.3 Å². The zero-order chi connectivity index (χ0) is 21.1. The number of nitrogens with one attached hydrogen (secondary N) is 2. The highest BCUT2D eigenvalue weighted by atomic mass is 32.2. The fourth-order valence-corrected chi connectivity index (χ4v) is 3.96. The van der Waals surface area contributed by atoms with E-state index in [1.54, 1.807) is 42.1 Å². The number of amides is 1. The molecule has 0 spiro atoms. The third-order valence-corrected chi connectivity index (χ3v) is 5.76. The van der Waals surface area contributed by atoms with Crippen molar-refractivity contribution in [2.24, 2.45) is 0 Å². The molecule has 4 aromatic rings. The van der Waals surface area contributed by atoms with E-state index in [1.807, 2.05) is 30.7 Å². The van der Waals surface area contributed by atoms with Crippen LogP contribution in [0, 0.1) is 5.82 Å². The van der Waals surface area contributed by atoms with E-state index in [4.69, 9.17) is 0 Å². The van der Waals surface area contributed by atoms with Crippen molar-refractivity contribution in [3.63, 3.8) is 0 Å². The Hall–Kier alpha value is -3.25. The molecular formula is C24H21FN2O2S. The van der Waals surface area contributed by atoms with E-state index in [2.05, 4.69) is 10.3 Å². The average Bonchev–Trinajstić information content (AvgIpc) is 3.15. The van der Waals surface area contributed by atoms with E-state index in [0.717, 1.165) is 21.4 Å². The molecule has 0 unspecified atom stereocenters. The van der Waals surface area contributed by atoms with Crippen molar-refractivity contribution in [3.8, 4) is 16.9 Å². The molecule has 3 aromatic carbocycles. The number of aromatic amines is 1. The smallest absolute Gasteiger partial charge is 0.251 e. The van der Waals surface area contributed by atoms with Crippen LogP contribution in [0.25, 0.3) is 22.0 Å². The van der Waals surface area contributed by atoms with Crippen LogP contribution in [0.4, 0.5) is 4.39 Å². The number of hydrogen-bond acceptors (Lipinski definition) is 3. The second-order valence-corrected chi connectivity index (χ2v) is 7.85. The van der Waals surface area contributed by atoms with Gasteiger partial charge in [0.15, 0.2) is 0 Å². The van der Waals surface area contributed by atoms with Gasteiger partial charge < -0.3 is 15.4 Å². The molecule has 0 fully saturated rings. The summed E-state index contributed by atoms with van der Waals surface area (Å²) in [6.07, 6.45) is 4.47. The van der Waals surface area contributed by atoms with Gasteiger partial charge in [-0.2, -0.15) is 0 Å². The standard InChI is InChI=1S/C24H21FN2O2S/c1-30-19-6-7-20(21(13-19)15-3-2-4-17(25)11-15)24(29)26-10-9-16-14-27-23-8-5-18(28)12-22(16)23/h2-8,11-14,27-28H,9-10H2,1H3,(H,26,29). The minimum atomic E-state index is -0.337. The topological polar surface area (TPSA) is 65.1 Å². The highest BCUT2D eigenvalue weighted by Crippen LogP contribution is 2.29. The van der Waals surface area contributed by atoms with Gasteiger partial charge in [-0.25, -0.2) is 4.39 Å². The molecule has 1 aromatic heterocycles. The first-order valence-corrected chi connectivity index (χ1v) is 10.8. The molecule has 0 aliphatic carbocycles. The molecule has 152 valence electrons. The number of phenolic OH excluding ortho intramolecular Hbond substituents is 1. The maximum atomic E-state index is 13.8. The Labute approximate surface area is 178 Å². The molecule has 0 aliphatic rings. The van der Waals surface area contributed by atoms with Crippen LogP contribution >= 0.6 is 11.8 Å². The van der Waals surface area contributed by atoms with Gasteiger partial charge in [0.25, 0.3) is 5.91 Å². The lowest BCUT2D eigenvalue weighted by Crippen LogP contribution is -2.26. The zero-order valence-electron chi connectivity index (χ0n) is 16.4. The SMILES string of the molecule is CSc1ccc(C(=O)NCCc2c[nH]c3ccc(O)cc23)c(-c2cccc(F)c2)c1. The summed E-state index contributed by atoms with van der Waals surface area (Å²) in [5.41, 5.74) is 3.84. The number of halogens is 1. The molecule has 1 amide bonds. The van der Waals surface area contributed by atoms with Crippen LogP contribution < -0.4 is 5.32 Å². The van der Waals surface area contributed by atoms with E-state index in [1.165, 1.54) is 12.1 Å². The number of fused-ring (bicyclic) bond motifs is 1. The molecule has 1 heterocycles. The van der Waals surface area contributed by atoms with Crippen LogP contribution in [-0.2, 0) is 6.42 Å². The van der Waals surface area contributed by atoms with Gasteiger partial charge in [-0.15, -0.1) is 11.8 Å². The van der Waals surface area contributed by atoms with Crippen LogP contribution in [0.1, 0.15) is 15.9 Å². The monoisotopic (exact) mass is 420 g/mol. The molecule has 0 saturated heterocycles. The number of rotatable bonds is 6. The molecule has 0 saturated carbocycles. The minimum absolute atomic E-state index is 0.204. The Morgan fingerprint density at radius 2 is 2.00 bits per heavy atom. The molecule has 0 aliphatic heterocycles. The molecule has 0 atom stereocenters. The first kappa shape index (κ1) is 20.0. The Morgan fingerprint density at radius 3 is 2.80 bits per heavy atom. The summed E-state index contributed by atoms with van der Waals surface area (Å²) in [6.45, 7) is 0.439. The molecule has 6 heteroatoms. The molecule has 0 bridgehead atoms. The Morgan fingerprint density at radius 1 is 1.13 bits per heavy atom. The van der Waals surface area contributed by atoms with Crippen LogP contribution in [0.15, 0.2) is 71.8 Å². The van der Waals surface area contributed by atoms with Crippen LogP contribution in [-0.4, -0.2) is 28.8 Å². The average molecular weight is 421 g/mol.